The van der Waals surface area contributed by atoms with Crippen molar-refractivity contribution in [2.24, 2.45) is 0 Å². The summed E-state index contributed by atoms with van der Waals surface area (Å²) < 4.78 is 2.38. The van der Waals surface area contributed by atoms with Crippen molar-refractivity contribution in [3.8, 4) is 0 Å². The Morgan fingerprint density at radius 1 is 1.24 bits per heavy atom. The minimum absolute atomic E-state index is 0.567. The second kappa shape index (κ2) is 6.36. The van der Waals surface area contributed by atoms with Crippen LogP contribution in [0, 0.1) is 6.92 Å². The van der Waals surface area contributed by atoms with Crippen LogP contribution >= 0.6 is 0 Å². The summed E-state index contributed by atoms with van der Waals surface area (Å²) in [6, 6.07) is 1.22. The van der Waals surface area contributed by atoms with Gasteiger partial charge in [-0.15, -0.1) is 0 Å². The molecule has 0 radical (unpaired) electrons. The highest BCUT2D eigenvalue weighted by Gasteiger charge is 2.24. The quantitative estimate of drug-likeness (QED) is 0.920. The molecule has 2 heterocycles. The van der Waals surface area contributed by atoms with E-state index in [-0.39, 0.29) is 0 Å². The van der Waals surface area contributed by atoms with E-state index in [0.717, 1.165) is 31.3 Å². The highest BCUT2D eigenvalue weighted by Crippen LogP contribution is 2.32. The number of aromatic nitrogens is 2. The lowest BCUT2D eigenvalue weighted by Crippen LogP contribution is -2.52. The molecule has 1 unspecified atom stereocenters. The fourth-order valence-corrected chi connectivity index (χ4v) is 3.64. The number of likely N-dealkylation sites (N-methyl/N-ethyl adjacent to an activating group) is 2. The number of rotatable bonds is 4. The lowest BCUT2D eigenvalue weighted by atomic mass is 10.2. The number of piperazine rings is 1. The van der Waals surface area contributed by atoms with Crippen LogP contribution in [0.2, 0.25) is 0 Å². The number of anilines is 1. The molecule has 21 heavy (non-hydrogen) atoms. The summed E-state index contributed by atoms with van der Waals surface area (Å²) in [5.41, 5.74) is 1.12. The number of imidazole rings is 1. The first-order chi connectivity index (χ1) is 10.1. The van der Waals surface area contributed by atoms with Crippen LogP contribution < -0.4 is 5.32 Å². The first kappa shape index (κ1) is 14.9. The van der Waals surface area contributed by atoms with E-state index in [1.165, 1.54) is 32.2 Å². The van der Waals surface area contributed by atoms with Crippen molar-refractivity contribution in [2.75, 3.05) is 45.6 Å². The summed E-state index contributed by atoms with van der Waals surface area (Å²) in [5, 5.41) is 3.62. The summed E-state index contributed by atoms with van der Waals surface area (Å²) in [5.74, 6) is 1.07. The number of hydrogen-bond donors (Lipinski definition) is 1. The molecular formula is C16H29N5. The molecule has 5 heteroatoms. The van der Waals surface area contributed by atoms with Gasteiger partial charge >= 0.3 is 0 Å². The van der Waals surface area contributed by atoms with Crippen LogP contribution in [0.25, 0.3) is 0 Å². The number of nitrogens with one attached hydrogen (secondary N) is 1. The molecule has 1 atom stereocenters. The third-order valence-corrected chi connectivity index (χ3v) is 5.05. The first-order valence-electron chi connectivity index (χ1n) is 8.31. The van der Waals surface area contributed by atoms with Gasteiger partial charge in [0.2, 0.25) is 5.95 Å². The monoisotopic (exact) mass is 291 g/mol. The minimum Gasteiger partial charge on any atom is -0.354 e. The summed E-state index contributed by atoms with van der Waals surface area (Å²) in [6.45, 7) is 6.52. The number of hydrogen-bond acceptors (Lipinski definition) is 4. The van der Waals surface area contributed by atoms with Crippen molar-refractivity contribution in [2.45, 2.75) is 44.7 Å². The average molecular weight is 291 g/mol. The van der Waals surface area contributed by atoms with Crippen molar-refractivity contribution in [3.63, 3.8) is 0 Å². The molecule has 1 N–H and O–H groups in total. The second-order valence-corrected chi connectivity index (χ2v) is 6.83. The van der Waals surface area contributed by atoms with E-state index in [0.29, 0.717) is 12.1 Å². The molecule has 1 aliphatic heterocycles. The van der Waals surface area contributed by atoms with Gasteiger partial charge in [-0.2, -0.15) is 0 Å². The SMILES string of the molecule is Cc1cn(C2CCCC2)c(NCC2CN(C)CCN2C)n1. The van der Waals surface area contributed by atoms with Crippen LogP contribution in [0.1, 0.15) is 37.4 Å². The van der Waals surface area contributed by atoms with Crippen molar-refractivity contribution < 1.29 is 0 Å². The van der Waals surface area contributed by atoms with Gasteiger partial charge in [0.25, 0.3) is 0 Å². The number of aryl methyl sites for hydroxylation is 1. The molecular weight excluding hydrogens is 262 g/mol. The zero-order valence-electron chi connectivity index (χ0n) is 13.7. The molecule has 1 saturated carbocycles. The Kier molecular flexibility index (Phi) is 4.50. The van der Waals surface area contributed by atoms with E-state index in [1.807, 2.05) is 0 Å². The average Bonchev–Trinajstić information content (AvgIpc) is 3.09. The van der Waals surface area contributed by atoms with Gasteiger partial charge in [-0.1, -0.05) is 12.8 Å². The van der Waals surface area contributed by atoms with E-state index in [9.17, 15) is 0 Å². The zero-order valence-corrected chi connectivity index (χ0v) is 13.7. The van der Waals surface area contributed by atoms with Crippen LogP contribution in [0.4, 0.5) is 5.95 Å². The molecule has 1 saturated heterocycles. The third kappa shape index (κ3) is 3.40. The minimum atomic E-state index is 0.567. The predicted molar refractivity (Wildman–Crippen MR) is 86.9 cm³/mol. The molecule has 0 spiro atoms. The Morgan fingerprint density at radius 2 is 2.00 bits per heavy atom. The van der Waals surface area contributed by atoms with Crippen LogP contribution in [0.3, 0.4) is 0 Å². The van der Waals surface area contributed by atoms with Gasteiger partial charge in [-0.05, 0) is 33.9 Å². The molecule has 3 rings (SSSR count). The Hall–Kier alpha value is -1.07. The van der Waals surface area contributed by atoms with Crippen molar-refractivity contribution in [1.29, 1.82) is 0 Å². The molecule has 0 amide bonds. The molecule has 0 aromatic carbocycles. The molecule has 2 aliphatic rings. The van der Waals surface area contributed by atoms with Crippen molar-refractivity contribution >= 4 is 5.95 Å². The Labute approximate surface area is 128 Å². The van der Waals surface area contributed by atoms with Gasteiger partial charge in [0, 0.05) is 44.5 Å². The van der Waals surface area contributed by atoms with E-state index in [2.05, 4.69) is 46.9 Å². The van der Waals surface area contributed by atoms with Crippen molar-refractivity contribution in [3.05, 3.63) is 11.9 Å². The molecule has 5 nitrogen and oxygen atoms in total. The van der Waals surface area contributed by atoms with E-state index >= 15 is 0 Å². The van der Waals surface area contributed by atoms with Gasteiger partial charge in [-0.3, -0.25) is 4.90 Å². The summed E-state index contributed by atoms with van der Waals surface area (Å²) in [6.07, 6.45) is 7.54. The van der Waals surface area contributed by atoms with Crippen LogP contribution in [0.5, 0.6) is 0 Å². The Bertz CT molecular complexity index is 463. The predicted octanol–water partition coefficient (Wildman–Crippen LogP) is 1.96. The highest BCUT2D eigenvalue weighted by molar-refractivity contribution is 5.30. The maximum absolute atomic E-state index is 4.70. The lowest BCUT2D eigenvalue weighted by molar-refractivity contribution is 0.121. The van der Waals surface area contributed by atoms with E-state index < -0.39 is 0 Å². The topological polar surface area (TPSA) is 36.3 Å². The first-order valence-corrected chi connectivity index (χ1v) is 8.31. The van der Waals surface area contributed by atoms with Crippen LogP contribution in [-0.4, -0.2) is 65.7 Å². The molecule has 1 aromatic rings. The van der Waals surface area contributed by atoms with Gasteiger partial charge < -0.3 is 14.8 Å². The number of nitrogens with zero attached hydrogens (tertiary/aromatic N) is 4. The summed E-state index contributed by atoms with van der Waals surface area (Å²) in [7, 11) is 4.44. The van der Waals surface area contributed by atoms with Gasteiger partial charge in [0.1, 0.15) is 0 Å². The largest absolute Gasteiger partial charge is 0.354 e. The maximum atomic E-state index is 4.70. The van der Waals surface area contributed by atoms with Crippen LogP contribution in [0.15, 0.2) is 6.20 Å². The zero-order chi connectivity index (χ0) is 14.8. The van der Waals surface area contributed by atoms with Crippen LogP contribution in [-0.2, 0) is 0 Å². The molecule has 118 valence electrons. The van der Waals surface area contributed by atoms with E-state index in [4.69, 9.17) is 4.98 Å². The highest BCUT2D eigenvalue weighted by atomic mass is 15.3. The lowest BCUT2D eigenvalue weighted by Gasteiger charge is -2.37. The normalized spacial score (nSPS) is 25.6. The van der Waals surface area contributed by atoms with Gasteiger partial charge in [0.15, 0.2) is 0 Å². The summed E-state index contributed by atoms with van der Waals surface area (Å²) in [4.78, 5) is 9.58. The molecule has 2 fully saturated rings. The fraction of sp³-hybridized carbons (Fsp3) is 0.812. The fourth-order valence-electron chi connectivity index (χ4n) is 3.64. The smallest absolute Gasteiger partial charge is 0.203 e. The Balaban J connectivity index is 1.64. The second-order valence-electron chi connectivity index (χ2n) is 6.83. The summed E-state index contributed by atoms with van der Waals surface area (Å²) >= 11 is 0. The molecule has 0 bridgehead atoms. The van der Waals surface area contributed by atoms with E-state index in [1.54, 1.807) is 0 Å². The van der Waals surface area contributed by atoms with Gasteiger partial charge in [0.05, 0.1) is 5.69 Å². The Morgan fingerprint density at radius 3 is 2.76 bits per heavy atom. The maximum Gasteiger partial charge on any atom is 0.203 e. The standard InChI is InChI=1S/C16H29N5/c1-13-11-21(14-6-4-5-7-14)16(18-13)17-10-15-12-19(2)8-9-20(15)3/h11,14-15H,4-10,12H2,1-3H3,(H,17,18). The third-order valence-electron chi connectivity index (χ3n) is 5.05. The molecule has 1 aliphatic carbocycles. The molecule has 1 aromatic heterocycles. The van der Waals surface area contributed by atoms with Gasteiger partial charge in [-0.25, -0.2) is 4.98 Å². The van der Waals surface area contributed by atoms with Crippen molar-refractivity contribution in [1.82, 2.24) is 19.4 Å².